The summed E-state index contributed by atoms with van der Waals surface area (Å²) in [5.41, 5.74) is 0.325. The third-order valence-corrected chi connectivity index (χ3v) is 5.80. The summed E-state index contributed by atoms with van der Waals surface area (Å²) in [6.45, 7) is 0. The predicted molar refractivity (Wildman–Crippen MR) is 93.6 cm³/mol. The minimum absolute atomic E-state index is 0.153. The Morgan fingerprint density at radius 2 is 1.96 bits per heavy atom. The van der Waals surface area contributed by atoms with Crippen LogP contribution in [-0.2, 0) is 4.79 Å². The molecule has 2 atom stereocenters. The molecule has 3 rings (SSSR count). The SMILES string of the molecule is O=C(c1cccs1)c1ccc(O[C@H]2CC[C@H](C(=O)O)C2)c(Cl)c1Cl. The maximum atomic E-state index is 12.4. The maximum absolute atomic E-state index is 12.4. The van der Waals surface area contributed by atoms with E-state index in [2.05, 4.69) is 0 Å². The zero-order valence-electron chi connectivity index (χ0n) is 12.5. The molecule has 0 spiro atoms. The van der Waals surface area contributed by atoms with E-state index in [1.54, 1.807) is 24.3 Å². The van der Waals surface area contributed by atoms with Gasteiger partial charge in [-0.1, -0.05) is 29.3 Å². The Morgan fingerprint density at radius 3 is 2.58 bits per heavy atom. The molecule has 1 aromatic carbocycles. The smallest absolute Gasteiger partial charge is 0.306 e. The van der Waals surface area contributed by atoms with Gasteiger partial charge in [-0.15, -0.1) is 11.3 Å². The molecule has 126 valence electrons. The van der Waals surface area contributed by atoms with Crippen LogP contribution in [0.5, 0.6) is 5.75 Å². The van der Waals surface area contributed by atoms with E-state index in [9.17, 15) is 9.59 Å². The van der Waals surface area contributed by atoms with Gasteiger partial charge in [0.2, 0.25) is 5.78 Å². The van der Waals surface area contributed by atoms with Crippen molar-refractivity contribution >= 4 is 46.3 Å². The van der Waals surface area contributed by atoms with E-state index in [4.69, 9.17) is 33.0 Å². The zero-order valence-corrected chi connectivity index (χ0v) is 14.8. The summed E-state index contributed by atoms with van der Waals surface area (Å²) in [5, 5.41) is 11.2. The van der Waals surface area contributed by atoms with E-state index in [0.717, 1.165) is 0 Å². The standard InChI is InChI=1S/C17H14Cl2O4S/c18-14-11(16(20)13-2-1-7-24-13)5-6-12(15(14)19)23-10-4-3-9(8-10)17(21)22/h1-2,5-7,9-10H,3-4,8H2,(H,21,22)/t9-,10-/m0/s1. The molecule has 1 aliphatic rings. The molecule has 0 bridgehead atoms. The second-order valence-electron chi connectivity index (χ2n) is 5.63. The van der Waals surface area contributed by atoms with Crippen LogP contribution in [0.25, 0.3) is 0 Å². The lowest BCUT2D eigenvalue weighted by atomic mass is 10.1. The molecule has 1 N–H and O–H groups in total. The largest absolute Gasteiger partial charge is 0.489 e. The molecule has 0 amide bonds. The number of halogens is 2. The van der Waals surface area contributed by atoms with Gasteiger partial charge in [0.05, 0.1) is 21.9 Å². The first-order chi connectivity index (χ1) is 11.5. The highest BCUT2D eigenvalue weighted by Crippen LogP contribution is 2.38. The van der Waals surface area contributed by atoms with Gasteiger partial charge in [-0.05, 0) is 42.8 Å². The van der Waals surface area contributed by atoms with Gasteiger partial charge in [0.15, 0.2) is 0 Å². The quantitative estimate of drug-likeness (QED) is 0.743. The third-order valence-electron chi connectivity index (χ3n) is 4.06. The van der Waals surface area contributed by atoms with Crippen LogP contribution in [0, 0.1) is 5.92 Å². The van der Waals surface area contributed by atoms with Gasteiger partial charge in [0.1, 0.15) is 10.8 Å². The van der Waals surface area contributed by atoms with Gasteiger partial charge in [-0.3, -0.25) is 9.59 Å². The van der Waals surface area contributed by atoms with Gasteiger partial charge >= 0.3 is 5.97 Å². The number of hydrogen-bond donors (Lipinski definition) is 1. The van der Waals surface area contributed by atoms with E-state index in [1.165, 1.54) is 11.3 Å². The summed E-state index contributed by atoms with van der Waals surface area (Å²) in [5.74, 6) is -0.998. The molecule has 1 heterocycles. The van der Waals surface area contributed by atoms with E-state index in [1.807, 2.05) is 5.38 Å². The molecule has 0 saturated heterocycles. The number of hydrogen-bond acceptors (Lipinski definition) is 4. The second kappa shape index (κ2) is 7.13. The van der Waals surface area contributed by atoms with Crippen molar-refractivity contribution in [3.63, 3.8) is 0 Å². The van der Waals surface area contributed by atoms with E-state index >= 15 is 0 Å². The summed E-state index contributed by atoms with van der Waals surface area (Å²) < 4.78 is 5.80. The fraction of sp³-hybridized carbons (Fsp3) is 0.294. The van der Waals surface area contributed by atoms with Crippen molar-refractivity contribution < 1.29 is 19.4 Å². The minimum Gasteiger partial charge on any atom is -0.489 e. The molecular weight excluding hydrogens is 371 g/mol. The molecule has 0 unspecified atom stereocenters. The van der Waals surface area contributed by atoms with Crippen LogP contribution in [0.15, 0.2) is 29.6 Å². The van der Waals surface area contributed by atoms with E-state index in [0.29, 0.717) is 35.5 Å². The second-order valence-corrected chi connectivity index (χ2v) is 7.34. The Balaban J connectivity index is 1.78. The number of carboxylic acids is 1. The number of carbonyl (C=O) groups is 2. The average Bonchev–Trinajstić information content (AvgIpc) is 3.23. The van der Waals surface area contributed by atoms with Crippen molar-refractivity contribution in [1.29, 1.82) is 0 Å². The van der Waals surface area contributed by atoms with Crippen LogP contribution < -0.4 is 4.74 Å². The summed E-state index contributed by atoms with van der Waals surface area (Å²) in [6.07, 6.45) is 1.47. The molecule has 1 saturated carbocycles. The molecule has 1 fully saturated rings. The van der Waals surface area contributed by atoms with Gasteiger partial charge in [-0.2, -0.15) is 0 Å². The molecule has 4 nitrogen and oxygen atoms in total. The predicted octanol–water partition coefficient (Wildman–Crippen LogP) is 4.92. The maximum Gasteiger partial charge on any atom is 0.306 e. The third kappa shape index (κ3) is 3.43. The summed E-state index contributed by atoms with van der Waals surface area (Å²) in [6, 6.07) is 6.73. The monoisotopic (exact) mass is 384 g/mol. The number of benzene rings is 1. The number of carbonyl (C=O) groups excluding carboxylic acids is 1. The fourth-order valence-corrected chi connectivity index (χ4v) is 3.92. The Hall–Kier alpha value is -1.56. The highest BCUT2D eigenvalue weighted by molar-refractivity contribution is 7.12. The highest BCUT2D eigenvalue weighted by Gasteiger charge is 2.31. The van der Waals surface area contributed by atoms with Crippen LogP contribution >= 0.6 is 34.5 Å². The topological polar surface area (TPSA) is 63.6 Å². The Kier molecular flexibility index (Phi) is 5.13. The molecule has 24 heavy (non-hydrogen) atoms. The lowest BCUT2D eigenvalue weighted by Gasteiger charge is -2.16. The van der Waals surface area contributed by atoms with Crippen LogP contribution in [-0.4, -0.2) is 23.0 Å². The number of carboxylic acid groups (broad SMARTS) is 1. The Labute approximate surface area is 153 Å². The fourth-order valence-electron chi connectivity index (χ4n) is 2.79. The molecule has 2 aromatic rings. The zero-order chi connectivity index (χ0) is 17.3. The van der Waals surface area contributed by atoms with E-state index in [-0.39, 0.29) is 27.9 Å². The Morgan fingerprint density at radius 1 is 1.17 bits per heavy atom. The number of rotatable bonds is 5. The first-order valence-corrected chi connectivity index (χ1v) is 9.06. The van der Waals surface area contributed by atoms with Gasteiger partial charge in [0.25, 0.3) is 0 Å². The normalized spacial score (nSPS) is 20.1. The molecule has 0 aliphatic heterocycles. The number of aliphatic carboxylic acids is 1. The summed E-state index contributed by atoms with van der Waals surface area (Å²) in [7, 11) is 0. The van der Waals surface area contributed by atoms with Crippen LogP contribution in [0.1, 0.15) is 34.5 Å². The van der Waals surface area contributed by atoms with Crippen molar-refractivity contribution in [3.05, 3.63) is 50.1 Å². The lowest BCUT2D eigenvalue weighted by Crippen LogP contribution is -2.16. The first-order valence-electron chi connectivity index (χ1n) is 7.43. The molecule has 7 heteroatoms. The first kappa shape index (κ1) is 17.3. The Bertz CT molecular complexity index is 773. The summed E-state index contributed by atoms with van der Waals surface area (Å²) >= 11 is 13.8. The van der Waals surface area contributed by atoms with Gasteiger partial charge < -0.3 is 9.84 Å². The molecule has 1 aliphatic carbocycles. The summed E-state index contributed by atoms with van der Waals surface area (Å²) in [4.78, 5) is 24.0. The molecule has 1 aromatic heterocycles. The highest BCUT2D eigenvalue weighted by atomic mass is 35.5. The number of ketones is 1. The van der Waals surface area contributed by atoms with Crippen molar-refractivity contribution in [1.82, 2.24) is 0 Å². The van der Waals surface area contributed by atoms with Crippen LogP contribution in [0.2, 0.25) is 10.0 Å². The van der Waals surface area contributed by atoms with Crippen molar-refractivity contribution in [2.24, 2.45) is 5.92 Å². The van der Waals surface area contributed by atoms with Crippen molar-refractivity contribution in [2.45, 2.75) is 25.4 Å². The van der Waals surface area contributed by atoms with Crippen molar-refractivity contribution in [2.75, 3.05) is 0 Å². The molecule has 0 radical (unpaired) electrons. The van der Waals surface area contributed by atoms with Gasteiger partial charge in [0, 0.05) is 5.56 Å². The van der Waals surface area contributed by atoms with E-state index < -0.39 is 5.97 Å². The van der Waals surface area contributed by atoms with Crippen LogP contribution in [0.3, 0.4) is 0 Å². The van der Waals surface area contributed by atoms with Gasteiger partial charge in [-0.25, -0.2) is 0 Å². The van der Waals surface area contributed by atoms with Crippen LogP contribution in [0.4, 0.5) is 0 Å². The molecular formula is C17H14Cl2O4S. The minimum atomic E-state index is -0.804. The lowest BCUT2D eigenvalue weighted by molar-refractivity contribution is -0.141. The number of ether oxygens (including phenoxy) is 1. The van der Waals surface area contributed by atoms with Crippen molar-refractivity contribution in [3.8, 4) is 5.75 Å². The number of thiophene rings is 1. The average molecular weight is 385 g/mol.